The minimum Gasteiger partial charge on any atom is -0.378 e. The summed E-state index contributed by atoms with van der Waals surface area (Å²) in [6.07, 6.45) is 1.88. The smallest absolute Gasteiger partial charge is 0.267 e. The van der Waals surface area contributed by atoms with Crippen LogP contribution in [0.5, 0.6) is 0 Å². The molecule has 1 heterocycles. The molecular weight excluding hydrogens is 192 g/mol. The van der Waals surface area contributed by atoms with Gasteiger partial charge in [0.05, 0.1) is 0 Å². The molecule has 1 amide bonds. The van der Waals surface area contributed by atoms with Crippen LogP contribution in [0.15, 0.2) is 11.8 Å². The van der Waals surface area contributed by atoms with Crippen molar-refractivity contribution < 1.29 is 9.59 Å². The molecule has 0 aromatic heterocycles. The zero-order valence-corrected chi connectivity index (χ0v) is 9.46. The van der Waals surface area contributed by atoms with Crippen molar-refractivity contribution in [3.05, 3.63) is 11.8 Å². The maximum Gasteiger partial charge on any atom is 0.267 e. The topological polar surface area (TPSA) is 58.2 Å². The highest BCUT2D eigenvalue weighted by Crippen LogP contribution is 2.04. The largest absolute Gasteiger partial charge is 0.378 e. The van der Waals surface area contributed by atoms with E-state index in [0.717, 1.165) is 0 Å². The van der Waals surface area contributed by atoms with E-state index in [1.165, 1.54) is 6.08 Å². The fourth-order valence-electron chi connectivity index (χ4n) is 1.43. The van der Waals surface area contributed by atoms with Gasteiger partial charge in [0, 0.05) is 25.1 Å². The van der Waals surface area contributed by atoms with E-state index in [1.807, 2.05) is 20.8 Å². The van der Waals surface area contributed by atoms with Gasteiger partial charge in [0.15, 0.2) is 5.78 Å². The first-order valence-corrected chi connectivity index (χ1v) is 5.28. The van der Waals surface area contributed by atoms with Crippen LogP contribution in [0, 0.1) is 5.92 Å². The quantitative estimate of drug-likeness (QED) is 0.670. The molecule has 4 heteroatoms. The molecule has 0 aliphatic carbocycles. The van der Waals surface area contributed by atoms with Gasteiger partial charge in [0.1, 0.15) is 5.70 Å². The fraction of sp³-hybridized carbons (Fsp3) is 0.636. The number of amides is 1. The molecule has 1 unspecified atom stereocenters. The van der Waals surface area contributed by atoms with Gasteiger partial charge in [-0.1, -0.05) is 13.8 Å². The molecular formula is C11H18N2O2. The van der Waals surface area contributed by atoms with Crippen LogP contribution in [0.25, 0.3) is 0 Å². The number of allylic oxidation sites excluding steroid dienone is 1. The van der Waals surface area contributed by atoms with Gasteiger partial charge in [-0.15, -0.1) is 0 Å². The van der Waals surface area contributed by atoms with E-state index < -0.39 is 0 Å². The monoisotopic (exact) mass is 210 g/mol. The average molecular weight is 210 g/mol. The van der Waals surface area contributed by atoms with E-state index in [4.69, 9.17) is 0 Å². The van der Waals surface area contributed by atoms with E-state index >= 15 is 0 Å². The van der Waals surface area contributed by atoms with Gasteiger partial charge in [0.25, 0.3) is 5.91 Å². The van der Waals surface area contributed by atoms with Gasteiger partial charge in [0.2, 0.25) is 0 Å². The molecule has 1 rings (SSSR count). The predicted molar refractivity (Wildman–Crippen MR) is 58.2 cm³/mol. The molecule has 15 heavy (non-hydrogen) atoms. The number of nitrogens with one attached hydrogen (secondary N) is 2. The lowest BCUT2D eigenvalue weighted by Gasteiger charge is -2.23. The highest BCUT2D eigenvalue weighted by Gasteiger charge is 2.19. The van der Waals surface area contributed by atoms with Crippen LogP contribution in [0.1, 0.15) is 27.2 Å². The lowest BCUT2D eigenvalue weighted by atomic mass is 10.1. The SMILES string of the molecule is CC(C)CC(=O)/C=C1/NCC(C)NC1=O. The summed E-state index contributed by atoms with van der Waals surface area (Å²) in [7, 11) is 0. The van der Waals surface area contributed by atoms with Gasteiger partial charge in [-0.2, -0.15) is 0 Å². The minimum absolute atomic E-state index is 0.00259. The van der Waals surface area contributed by atoms with Crippen molar-refractivity contribution in [1.29, 1.82) is 0 Å². The van der Waals surface area contributed by atoms with Crippen LogP contribution < -0.4 is 10.6 Å². The average Bonchev–Trinajstić information content (AvgIpc) is 2.08. The Hall–Kier alpha value is -1.32. The lowest BCUT2D eigenvalue weighted by molar-refractivity contribution is -0.120. The van der Waals surface area contributed by atoms with Gasteiger partial charge in [-0.25, -0.2) is 0 Å². The normalized spacial score (nSPS) is 23.9. The third kappa shape index (κ3) is 3.73. The zero-order chi connectivity index (χ0) is 11.4. The Morgan fingerprint density at radius 3 is 2.80 bits per heavy atom. The van der Waals surface area contributed by atoms with Gasteiger partial charge in [-0.3, -0.25) is 9.59 Å². The number of piperazine rings is 1. The van der Waals surface area contributed by atoms with Crippen LogP contribution in [0.4, 0.5) is 0 Å². The first-order valence-electron chi connectivity index (χ1n) is 5.28. The van der Waals surface area contributed by atoms with E-state index in [-0.39, 0.29) is 17.7 Å². The summed E-state index contributed by atoms with van der Waals surface area (Å²) >= 11 is 0. The van der Waals surface area contributed by atoms with Crippen molar-refractivity contribution in [1.82, 2.24) is 10.6 Å². The van der Waals surface area contributed by atoms with Crippen LogP contribution in [0.2, 0.25) is 0 Å². The van der Waals surface area contributed by atoms with Crippen molar-refractivity contribution in [2.24, 2.45) is 5.92 Å². The van der Waals surface area contributed by atoms with E-state index in [0.29, 0.717) is 24.6 Å². The van der Waals surface area contributed by atoms with Crippen LogP contribution in [-0.4, -0.2) is 24.3 Å². The number of hydrogen-bond donors (Lipinski definition) is 2. The first-order chi connectivity index (χ1) is 6.99. The first kappa shape index (κ1) is 11.8. The van der Waals surface area contributed by atoms with E-state index in [1.54, 1.807) is 0 Å². The molecule has 0 aromatic carbocycles. The molecule has 1 saturated heterocycles. The summed E-state index contributed by atoms with van der Waals surface area (Å²) in [5.74, 6) is 0.128. The fourth-order valence-corrected chi connectivity index (χ4v) is 1.43. The Morgan fingerprint density at radius 2 is 2.27 bits per heavy atom. The Morgan fingerprint density at radius 1 is 1.60 bits per heavy atom. The second-order valence-corrected chi connectivity index (χ2v) is 4.38. The number of carbonyl (C=O) groups is 2. The van der Waals surface area contributed by atoms with Crippen LogP contribution in [0.3, 0.4) is 0 Å². The van der Waals surface area contributed by atoms with Crippen LogP contribution >= 0.6 is 0 Å². The molecule has 2 N–H and O–H groups in total. The van der Waals surface area contributed by atoms with E-state index in [9.17, 15) is 9.59 Å². The molecule has 1 fully saturated rings. The molecule has 84 valence electrons. The second kappa shape index (κ2) is 4.96. The molecule has 0 saturated carbocycles. The highest BCUT2D eigenvalue weighted by molar-refractivity contribution is 6.01. The maximum atomic E-state index is 11.5. The minimum atomic E-state index is -0.189. The van der Waals surface area contributed by atoms with Crippen molar-refractivity contribution in [2.75, 3.05) is 6.54 Å². The van der Waals surface area contributed by atoms with Crippen molar-refractivity contribution >= 4 is 11.7 Å². The summed E-state index contributed by atoms with van der Waals surface area (Å²) < 4.78 is 0. The highest BCUT2D eigenvalue weighted by atomic mass is 16.2. The Labute approximate surface area is 90.1 Å². The summed E-state index contributed by atoms with van der Waals surface area (Å²) in [6.45, 7) is 6.55. The molecule has 1 atom stereocenters. The van der Waals surface area contributed by atoms with Gasteiger partial charge >= 0.3 is 0 Å². The Balaban J connectivity index is 2.59. The number of ketones is 1. The van der Waals surface area contributed by atoms with E-state index in [2.05, 4.69) is 10.6 Å². The Kier molecular flexibility index (Phi) is 3.88. The number of hydrogen-bond acceptors (Lipinski definition) is 3. The van der Waals surface area contributed by atoms with Gasteiger partial charge in [-0.05, 0) is 12.8 Å². The zero-order valence-electron chi connectivity index (χ0n) is 9.46. The lowest BCUT2D eigenvalue weighted by Crippen LogP contribution is -2.49. The van der Waals surface area contributed by atoms with Gasteiger partial charge < -0.3 is 10.6 Å². The molecule has 1 aliphatic heterocycles. The number of rotatable bonds is 3. The summed E-state index contributed by atoms with van der Waals surface area (Å²) in [5.41, 5.74) is 0.388. The second-order valence-electron chi connectivity index (χ2n) is 4.38. The molecule has 0 spiro atoms. The molecule has 1 aliphatic rings. The summed E-state index contributed by atoms with van der Waals surface area (Å²) in [5, 5.41) is 5.72. The molecule has 4 nitrogen and oxygen atoms in total. The Bertz CT molecular complexity index is 295. The van der Waals surface area contributed by atoms with Crippen molar-refractivity contribution in [2.45, 2.75) is 33.2 Å². The summed E-state index contributed by atoms with van der Waals surface area (Å²) in [6, 6.07) is 0.120. The third-order valence-electron chi connectivity index (χ3n) is 2.14. The third-order valence-corrected chi connectivity index (χ3v) is 2.14. The number of carbonyl (C=O) groups excluding carboxylic acids is 2. The molecule has 0 radical (unpaired) electrons. The maximum absolute atomic E-state index is 11.5. The van der Waals surface area contributed by atoms with Crippen molar-refractivity contribution in [3.8, 4) is 0 Å². The predicted octanol–water partition coefficient (Wildman–Crippen LogP) is 0.593. The van der Waals surface area contributed by atoms with Crippen LogP contribution in [-0.2, 0) is 9.59 Å². The van der Waals surface area contributed by atoms with Crippen molar-refractivity contribution in [3.63, 3.8) is 0 Å². The molecule has 0 bridgehead atoms. The summed E-state index contributed by atoms with van der Waals surface area (Å²) in [4.78, 5) is 22.9. The molecule has 0 aromatic rings. The standard InChI is InChI=1S/C11H18N2O2/c1-7(2)4-9(14)5-10-11(15)13-8(3)6-12-10/h5,7-8,12H,4,6H2,1-3H3,(H,13,15)/b10-5+.